The SMILES string of the molecule is c1ccc(-c2ccc(-n3c4ccccc4c4cccc(-n5c6cccc([Si](c7ccccc7)(c7ccccc7)c7ccccc7)c6c6cccc(-n7c8ccccc8c8ccccc87)c65)c43)cc2)cc1. The molecule has 0 bridgehead atoms. The summed E-state index contributed by atoms with van der Waals surface area (Å²) in [6, 6.07) is 102. The second kappa shape index (κ2) is 16.1. The van der Waals surface area contributed by atoms with Crippen molar-refractivity contribution in [2.45, 2.75) is 0 Å². The molecule has 0 N–H and O–H groups in total. The summed E-state index contributed by atoms with van der Waals surface area (Å²) in [7, 11) is -3.04. The first-order valence-electron chi connectivity index (χ1n) is 24.2. The van der Waals surface area contributed by atoms with Gasteiger partial charge in [-0.25, -0.2) is 0 Å². The number of fused-ring (bicyclic) bond motifs is 9. The van der Waals surface area contributed by atoms with Crippen LogP contribution in [0.4, 0.5) is 0 Å². The van der Waals surface area contributed by atoms with Crippen molar-refractivity contribution in [3.05, 3.63) is 273 Å². The molecule has 0 aliphatic heterocycles. The Kier molecular flexibility index (Phi) is 9.23. The monoisotopic (exact) mass is 907 g/mol. The summed E-state index contributed by atoms with van der Waals surface area (Å²) in [5.41, 5.74) is 12.8. The van der Waals surface area contributed by atoms with E-state index in [1.807, 2.05) is 0 Å². The molecule has 0 unspecified atom stereocenters. The zero-order valence-electron chi connectivity index (χ0n) is 38.3. The number of hydrogen-bond donors (Lipinski definition) is 0. The molecule has 0 amide bonds. The molecule has 70 heavy (non-hydrogen) atoms. The topological polar surface area (TPSA) is 14.8 Å². The zero-order chi connectivity index (χ0) is 46.2. The van der Waals surface area contributed by atoms with Crippen LogP contribution in [0.1, 0.15) is 0 Å². The van der Waals surface area contributed by atoms with Gasteiger partial charge in [0, 0.05) is 38.0 Å². The van der Waals surface area contributed by atoms with Crippen LogP contribution < -0.4 is 20.7 Å². The van der Waals surface area contributed by atoms with E-state index < -0.39 is 8.07 Å². The quantitative estimate of drug-likeness (QED) is 0.107. The second-order valence-corrected chi connectivity index (χ2v) is 22.1. The lowest BCUT2D eigenvalue weighted by Crippen LogP contribution is -2.74. The van der Waals surface area contributed by atoms with Crippen molar-refractivity contribution in [1.29, 1.82) is 0 Å². The fraction of sp³-hybridized carbons (Fsp3) is 0. The summed E-state index contributed by atoms with van der Waals surface area (Å²) >= 11 is 0. The minimum absolute atomic E-state index is 1.12. The first-order chi connectivity index (χ1) is 34.8. The third kappa shape index (κ3) is 5.87. The molecule has 0 spiro atoms. The van der Waals surface area contributed by atoms with E-state index in [9.17, 15) is 0 Å². The Balaban J connectivity index is 1.18. The highest BCUT2D eigenvalue weighted by Gasteiger charge is 2.43. The molecule has 4 heteroatoms. The predicted molar refractivity (Wildman–Crippen MR) is 299 cm³/mol. The van der Waals surface area contributed by atoms with Crippen LogP contribution in [-0.4, -0.2) is 21.8 Å². The maximum atomic E-state index is 2.61. The smallest absolute Gasteiger partial charge is 0.180 e. The molecule has 14 rings (SSSR count). The van der Waals surface area contributed by atoms with Crippen LogP contribution in [-0.2, 0) is 0 Å². The van der Waals surface area contributed by atoms with Crippen LogP contribution in [0.15, 0.2) is 273 Å². The maximum absolute atomic E-state index is 3.04. The summed E-state index contributed by atoms with van der Waals surface area (Å²) < 4.78 is 7.62. The normalized spacial score (nSPS) is 12.0. The van der Waals surface area contributed by atoms with Crippen LogP contribution in [0.5, 0.6) is 0 Å². The highest BCUT2D eigenvalue weighted by Crippen LogP contribution is 2.43. The molecule has 3 heterocycles. The molecule has 0 atom stereocenters. The number of rotatable bonds is 8. The fourth-order valence-corrected chi connectivity index (χ4v) is 16.9. The molecule has 11 aromatic carbocycles. The third-order valence-electron chi connectivity index (χ3n) is 14.8. The molecule has 3 nitrogen and oxygen atoms in total. The van der Waals surface area contributed by atoms with Crippen molar-refractivity contribution < 1.29 is 0 Å². The van der Waals surface area contributed by atoms with E-state index in [0.29, 0.717) is 0 Å². The minimum Gasteiger partial charge on any atom is -0.307 e. The van der Waals surface area contributed by atoms with E-state index in [-0.39, 0.29) is 0 Å². The highest BCUT2D eigenvalue weighted by molar-refractivity contribution is 7.20. The first-order valence-corrected chi connectivity index (χ1v) is 26.2. The van der Waals surface area contributed by atoms with Gasteiger partial charge in [-0.2, -0.15) is 0 Å². The van der Waals surface area contributed by atoms with Crippen LogP contribution in [0.25, 0.3) is 93.6 Å². The van der Waals surface area contributed by atoms with E-state index in [0.717, 1.165) is 28.1 Å². The number of benzene rings is 11. The Morgan fingerprint density at radius 1 is 0.243 bits per heavy atom. The lowest BCUT2D eigenvalue weighted by Gasteiger charge is -2.35. The van der Waals surface area contributed by atoms with Crippen molar-refractivity contribution in [2.24, 2.45) is 0 Å². The van der Waals surface area contributed by atoms with Gasteiger partial charge in [0.15, 0.2) is 8.07 Å². The Morgan fingerprint density at radius 3 is 1.19 bits per heavy atom. The summed E-state index contributed by atoms with van der Waals surface area (Å²) in [6.07, 6.45) is 0. The van der Waals surface area contributed by atoms with E-state index in [1.165, 1.54) is 86.3 Å². The van der Waals surface area contributed by atoms with Gasteiger partial charge in [-0.1, -0.05) is 224 Å². The standard InChI is InChI=1S/C66H45N3Si/c1-5-22-46(23-6-1)47-42-44-48(45-43-47)67-57-35-16-15-32-54(57)55-33-19-40-62(65(55)67)69-60-38-21-41-63(70(49-24-7-2-8-25-49,50-26-9-3-10-27-50)51-28-11-4-12-29-51)64(60)56-34-20-39-61(66(56)69)68-58-36-17-13-30-52(58)53-31-14-18-37-59(53)68/h1-45H. The van der Waals surface area contributed by atoms with E-state index in [2.05, 4.69) is 287 Å². The van der Waals surface area contributed by atoms with Crippen LogP contribution in [0, 0.1) is 0 Å². The Labute approximate surface area is 407 Å². The van der Waals surface area contributed by atoms with Gasteiger partial charge < -0.3 is 13.7 Å². The van der Waals surface area contributed by atoms with Crippen LogP contribution in [0.3, 0.4) is 0 Å². The van der Waals surface area contributed by atoms with Crippen LogP contribution >= 0.6 is 0 Å². The fourth-order valence-electron chi connectivity index (χ4n) is 11.9. The highest BCUT2D eigenvalue weighted by atomic mass is 28.3. The van der Waals surface area contributed by atoms with Gasteiger partial charge in [-0.3, -0.25) is 0 Å². The Hall–Kier alpha value is -8.96. The van der Waals surface area contributed by atoms with Gasteiger partial charge in [0.1, 0.15) is 0 Å². The van der Waals surface area contributed by atoms with Crippen molar-refractivity contribution in [2.75, 3.05) is 0 Å². The van der Waals surface area contributed by atoms with Gasteiger partial charge in [-0.15, -0.1) is 0 Å². The Morgan fingerprint density at radius 2 is 0.629 bits per heavy atom. The third-order valence-corrected chi connectivity index (χ3v) is 19.6. The lowest BCUT2D eigenvalue weighted by atomic mass is 10.1. The van der Waals surface area contributed by atoms with Gasteiger partial charge in [0.2, 0.25) is 0 Å². The lowest BCUT2D eigenvalue weighted by molar-refractivity contribution is 1.11. The molecular formula is C66H45N3Si. The predicted octanol–water partition coefficient (Wildman–Crippen LogP) is 14.0. The first kappa shape index (κ1) is 40.1. The molecule has 0 aliphatic rings. The van der Waals surface area contributed by atoms with Gasteiger partial charge in [0.05, 0.1) is 44.5 Å². The van der Waals surface area contributed by atoms with Gasteiger partial charge in [-0.05, 0) is 80.4 Å². The number of nitrogens with zero attached hydrogens (tertiary/aromatic N) is 3. The molecule has 328 valence electrons. The van der Waals surface area contributed by atoms with Crippen molar-refractivity contribution in [3.8, 4) is 28.2 Å². The number of hydrogen-bond acceptors (Lipinski definition) is 0. The summed E-state index contributed by atoms with van der Waals surface area (Å²) in [5, 5.41) is 12.8. The van der Waals surface area contributed by atoms with Crippen molar-refractivity contribution >= 4 is 94.2 Å². The van der Waals surface area contributed by atoms with Gasteiger partial charge in [0.25, 0.3) is 0 Å². The molecule has 0 radical (unpaired) electrons. The summed E-state index contributed by atoms with van der Waals surface area (Å²) in [5.74, 6) is 0. The summed E-state index contributed by atoms with van der Waals surface area (Å²) in [6.45, 7) is 0. The number of aromatic nitrogens is 3. The molecule has 3 aromatic heterocycles. The number of para-hydroxylation sites is 5. The zero-order valence-corrected chi connectivity index (χ0v) is 39.3. The maximum Gasteiger partial charge on any atom is 0.180 e. The van der Waals surface area contributed by atoms with E-state index in [4.69, 9.17) is 0 Å². The Bertz CT molecular complexity index is 4110. The average Bonchev–Trinajstić information content (AvgIpc) is 4.09. The molecule has 0 saturated carbocycles. The van der Waals surface area contributed by atoms with E-state index in [1.54, 1.807) is 0 Å². The second-order valence-electron chi connectivity index (χ2n) is 18.4. The minimum atomic E-state index is -3.04. The van der Waals surface area contributed by atoms with Crippen LogP contribution in [0.2, 0.25) is 0 Å². The molecular weight excluding hydrogens is 863 g/mol. The van der Waals surface area contributed by atoms with Crippen molar-refractivity contribution in [1.82, 2.24) is 13.7 Å². The van der Waals surface area contributed by atoms with Crippen molar-refractivity contribution in [3.63, 3.8) is 0 Å². The molecule has 0 saturated heterocycles. The summed E-state index contributed by atoms with van der Waals surface area (Å²) in [4.78, 5) is 0. The van der Waals surface area contributed by atoms with E-state index >= 15 is 0 Å². The van der Waals surface area contributed by atoms with Gasteiger partial charge >= 0.3 is 0 Å². The molecule has 0 aliphatic carbocycles. The largest absolute Gasteiger partial charge is 0.307 e. The average molecular weight is 908 g/mol. The molecule has 0 fully saturated rings. The molecule has 14 aromatic rings.